The lowest BCUT2D eigenvalue weighted by atomic mass is 9.49. The van der Waals surface area contributed by atoms with Crippen molar-refractivity contribution in [2.75, 3.05) is 11.6 Å². The van der Waals surface area contributed by atoms with Gasteiger partial charge in [0.15, 0.2) is 5.78 Å². The highest BCUT2D eigenvalue weighted by molar-refractivity contribution is 5.95. The van der Waals surface area contributed by atoms with Gasteiger partial charge < -0.3 is 5.11 Å². The molecule has 0 unspecified atom stereocenters. The van der Waals surface area contributed by atoms with E-state index in [0.717, 1.165) is 56.0 Å². The standard InChI is InChI=1S/C28H38N4O3.C8H7N3O/c1-27(35)14-12-20-18(16-27)8-9-22-21(20)13-15-28(2)23(22)10-11-24(28)25(33)17-31-26(34)32(30-29-31)19-6-4-3-5-7-19;12-8-6-9-10-11(8)7-4-2-1-3-5-7/h3-7,18,20-24,35H,8-17H2,1-2H3;1-5H,6H2/t18-,20+,21-,22-,23+,24-,27-,28+;/m1./s1. The van der Waals surface area contributed by atoms with Crippen LogP contribution in [-0.4, -0.2) is 48.7 Å². The molecule has 2 aromatic carbocycles. The number of amides is 1. The molecule has 1 N–H and O–H groups in total. The second kappa shape index (κ2) is 12.6. The van der Waals surface area contributed by atoms with E-state index in [1.54, 1.807) is 0 Å². The number of carbonyl (C=O) groups is 2. The van der Waals surface area contributed by atoms with Crippen LogP contribution in [0.4, 0.5) is 5.69 Å². The zero-order valence-corrected chi connectivity index (χ0v) is 27.3. The van der Waals surface area contributed by atoms with Gasteiger partial charge >= 0.3 is 5.69 Å². The molecule has 8 atom stereocenters. The maximum absolute atomic E-state index is 13.6. The largest absolute Gasteiger partial charge is 0.390 e. The summed E-state index contributed by atoms with van der Waals surface area (Å²) in [5.74, 6) is 3.52. The molecule has 11 heteroatoms. The van der Waals surface area contributed by atoms with Crippen molar-refractivity contribution in [2.45, 2.75) is 83.8 Å². The van der Waals surface area contributed by atoms with Crippen molar-refractivity contribution in [2.24, 2.45) is 51.3 Å². The summed E-state index contributed by atoms with van der Waals surface area (Å²) in [4.78, 5) is 37.6. The topological polar surface area (TPSA) is 135 Å². The molecule has 11 nitrogen and oxygen atoms in total. The number of hydrogen-bond acceptors (Lipinski definition) is 8. The molecule has 8 rings (SSSR count). The summed E-state index contributed by atoms with van der Waals surface area (Å²) in [6.45, 7) is 4.54. The molecule has 3 aromatic rings. The average Bonchev–Trinajstić information content (AvgIpc) is 3.77. The number of ketones is 1. The van der Waals surface area contributed by atoms with Gasteiger partial charge in [-0.25, -0.2) is 4.79 Å². The van der Waals surface area contributed by atoms with Gasteiger partial charge in [0.05, 0.1) is 17.0 Å². The number of nitrogens with zero attached hydrogens (tertiary/aromatic N) is 7. The normalized spacial score (nSPS) is 34.2. The molecular formula is C36H45N7O4. The number of aromatic nitrogens is 4. The summed E-state index contributed by atoms with van der Waals surface area (Å²) in [7, 11) is 0. The minimum Gasteiger partial charge on any atom is -0.390 e. The first-order valence-electron chi connectivity index (χ1n) is 17.2. The number of benzene rings is 2. The van der Waals surface area contributed by atoms with Crippen LogP contribution in [0.1, 0.15) is 71.6 Å². The second-order valence-electron chi connectivity index (χ2n) is 14.9. The van der Waals surface area contributed by atoms with Crippen molar-refractivity contribution in [3.8, 4) is 5.69 Å². The summed E-state index contributed by atoms with van der Waals surface area (Å²) >= 11 is 0. The van der Waals surface area contributed by atoms with Gasteiger partial charge in [-0.15, -0.1) is 0 Å². The Morgan fingerprint density at radius 2 is 1.53 bits per heavy atom. The number of rotatable bonds is 5. The molecule has 4 saturated carbocycles. The third-order valence-corrected chi connectivity index (χ3v) is 12.2. The van der Waals surface area contributed by atoms with Gasteiger partial charge in [0.25, 0.3) is 5.91 Å². The number of tetrazole rings is 1. The molecule has 0 spiro atoms. The number of Topliss-reactive ketones (excluding diaryl/α,β-unsaturated/α-hetero) is 1. The van der Waals surface area contributed by atoms with Crippen molar-refractivity contribution in [1.82, 2.24) is 19.8 Å². The van der Waals surface area contributed by atoms with Gasteiger partial charge in [0.1, 0.15) is 13.1 Å². The van der Waals surface area contributed by atoms with Crippen molar-refractivity contribution in [1.29, 1.82) is 0 Å². The molecular weight excluding hydrogens is 594 g/mol. The zero-order valence-electron chi connectivity index (χ0n) is 27.3. The summed E-state index contributed by atoms with van der Waals surface area (Å²) in [6, 6.07) is 18.5. The fourth-order valence-corrected chi connectivity index (χ4v) is 10.0. The predicted octanol–water partition coefficient (Wildman–Crippen LogP) is 5.42. The molecule has 4 fully saturated rings. The van der Waals surface area contributed by atoms with Gasteiger partial charge in [-0.1, -0.05) is 48.5 Å². The van der Waals surface area contributed by atoms with E-state index < -0.39 is 5.60 Å². The van der Waals surface area contributed by atoms with Gasteiger partial charge in [0.2, 0.25) is 0 Å². The first-order valence-corrected chi connectivity index (χ1v) is 17.2. The lowest BCUT2D eigenvalue weighted by molar-refractivity contribution is -0.133. The van der Waals surface area contributed by atoms with E-state index in [9.17, 15) is 19.5 Å². The Labute approximate surface area is 275 Å². The zero-order chi connectivity index (χ0) is 32.8. The van der Waals surface area contributed by atoms with Crippen molar-refractivity contribution < 1.29 is 14.7 Å². The van der Waals surface area contributed by atoms with Crippen LogP contribution in [0.25, 0.3) is 5.69 Å². The fraction of sp³-hybridized carbons (Fsp3) is 0.583. The van der Waals surface area contributed by atoms with Crippen LogP contribution in [0.3, 0.4) is 0 Å². The van der Waals surface area contributed by atoms with Crippen LogP contribution in [0, 0.1) is 40.9 Å². The third-order valence-electron chi connectivity index (χ3n) is 12.2. The van der Waals surface area contributed by atoms with E-state index in [4.69, 9.17) is 0 Å². The molecule has 0 bridgehead atoms. The Morgan fingerprint density at radius 3 is 2.23 bits per heavy atom. The second-order valence-corrected chi connectivity index (χ2v) is 14.9. The van der Waals surface area contributed by atoms with E-state index in [2.05, 4.69) is 27.7 Å². The molecule has 5 aliphatic rings. The van der Waals surface area contributed by atoms with Gasteiger partial charge in [-0.3, -0.25) is 9.59 Å². The highest BCUT2D eigenvalue weighted by atomic mass is 16.3. The van der Waals surface area contributed by atoms with Crippen LogP contribution in [0.2, 0.25) is 0 Å². The summed E-state index contributed by atoms with van der Waals surface area (Å²) in [5.41, 5.74) is 0.595. The summed E-state index contributed by atoms with van der Waals surface area (Å²) < 4.78 is 2.49. The molecule has 2 heterocycles. The minimum atomic E-state index is -0.484. The number of hydrogen-bond donors (Lipinski definition) is 1. The first kappa shape index (κ1) is 31.6. The van der Waals surface area contributed by atoms with E-state index >= 15 is 0 Å². The Hall–Kier alpha value is -3.99. The molecule has 248 valence electrons. The number of aliphatic hydroxyl groups is 1. The molecule has 1 aliphatic heterocycles. The van der Waals surface area contributed by atoms with E-state index in [0.29, 0.717) is 23.4 Å². The first-order chi connectivity index (χ1) is 22.6. The third kappa shape index (κ3) is 5.98. The van der Waals surface area contributed by atoms with E-state index in [-0.39, 0.29) is 41.8 Å². The average molecular weight is 640 g/mol. The number of para-hydroxylation sites is 2. The Balaban J connectivity index is 0.000000245. The van der Waals surface area contributed by atoms with Crippen LogP contribution < -0.4 is 10.7 Å². The van der Waals surface area contributed by atoms with Crippen LogP contribution in [0.15, 0.2) is 75.8 Å². The Morgan fingerprint density at radius 1 is 0.830 bits per heavy atom. The van der Waals surface area contributed by atoms with Gasteiger partial charge in [-0.05, 0) is 134 Å². The quantitative estimate of drug-likeness (QED) is 0.396. The Bertz CT molecular complexity index is 1690. The van der Waals surface area contributed by atoms with Crippen LogP contribution in [-0.2, 0) is 16.1 Å². The summed E-state index contributed by atoms with van der Waals surface area (Å²) in [6.07, 6.45) is 9.86. The van der Waals surface area contributed by atoms with Crippen LogP contribution in [0.5, 0.6) is 0 Å². The predicted molar refractivity (Wildman–Crippen MR) is 176 cm³/mol. The number of anilines is 1. The maximum atomic E-state index is 13.6. The minimum absolute atomic E-state index is 0.00647. The van der Waals surface area contributed by atoms with E-state index in [1.165, 1.54) is 33.6 Å². The molecule has 0 radical (unpaired) electrons. The SMILES string of the molecule is C[C@@]1(O)CC[C@H]2[C@H](CC[C@@H]3[C@@H]2CC[C@]2(C)[C@@H](C(=O)Cn4nnn(-c5ccccc5)c4=O)CC[C@@H]32)C1.O=C1CN=NN1c1ccccc1. The number of fused-ring (bicyclic) bond motifs is 5. The van der Waals surface area contributed by atoms with Crippen molar-refractivity contribution in [3.63, 3.8) is 0 Å². The summed E-state index contributed by atoms with van der Waals surface area (Å²) in [5, 5.41) is 27.3. The molecule has 47 heavy (non-hydrogen) atoms. The number of carbonyl (C=O) groups excluding carboxylic acids is 2. The highest BCUT2D eigenvalue weighted by Gasteiger charge is 2.58. The van der Waals surface area contributed by atoms with Crippen molar-refractivity contribution in [3.05, 3.63) is 71.1 Å². The van der Waals surface area contributed by atoms with Crippen molar-refractivity contribution >= 4 is 17.4 Å². The molecule has 4 aliphatic carbocycles. The lowest BCUT2D eigenvalue weighted by Crippen LogP contribution is -2.51. The lowest BCUT2D eigenvalue weighted by Gasteiger charge is -2.56. The molecule has 1 amide bonds. The molecule has 1 aromatic heterocycles. The highest BCUT2D eigenvalue weighted by Crippen LogP contribution is 2.64. The fourth-order valence-electron chi connectivity index (χ4n) is 10.0. The smallest absolute Gasteiger partial charge is 0.368 e. The van der Waals surface area contributed by atoms with Gasteiger partial charge in [0, 0.05) is 5.92 Å². The molecule has 0 saturated heterocycles. The van der Waals surface area contributed by atoms with Crippen LogP contribution >= 0.6 is 0 Å². The van der Waals surface area contributed by atoms with E-state index in [1.807, 2.05) is 67.6 Å². The monoisotopic (exact) mass is 639 g/mol. The maximum Gasteiger partial charge on any atom is 0.368 e. The van der Waals surface area contributed by atoms with Gasteiger partial charge in [-0.2, -0.15) is 19.5 Å². The Kier molecular flexibility index (Phi) is 8.44.